The highest BCUT2D eigenvalue weighted by atomic mass is 16.5. The molecule has 0 bridgehead atoms. The van der Waals surface area contributed by atoms with Gasteiger partial charge < -0.3 is 29.0 Å². The Morgan fingerprint density at radius 3 is 2.70 bits per heavy atom. The van der Waals surface area contributed by atoms with Crippen LogP contribution < -0.4 is 9.64 Å². The number of aliphatic carboxylic acids is 1. The molecule has 0 amide bonds. The molecular formula is C35H41N3O6. The molecule has 4 heterocycles. The molecule has 3 atom stereocenters. The van der Waals surface area contributed by atoms with Gasteiger partial charge in [-0.1, -0.05) is 24.3 Å². The zero-order valence-electron chi connectivity index (χ0n) is 25.8. The van der Waals surface area contributed by atoms with Gasteiger partial charge in [0, 0.05) is 39.4 Å². The minimum absolute atomic E-state index is 0.124. The lowest BCUT2D eigenvalue weighted by Gasteiger charge is -2.40. The molecule has 4 aliphatic rings. The van der Waals surface area contributed by atoms with Gasteiger partial charge in [-0.15, -0.1) is 0 Å². The number of hydrogen-bond donors (Lipinski definition) is 1. The molecule has 0 unspecified atom stereocenters. The third kappa shape index (κ3) is 5.05. The lowest BCUT2D eigenvalue weighted by atomic mass is 9.91. The van der Waals surface area contributed by atoms with Crippen LogP contribution in [-0.2, 0) is 45.2 Å². The molecule has 2 aromatic carbocycles. The number of benzene rings is 2. The van der Waals surface area contributed by atoms with Crippen LogP contribution in [0.15, 0.2) is 48.5 Å². The molecule has 232 valence electrons. The minimum atomic E-state index is -0.744. The number of para-hydroxylation sites is 1. The van der Waals surface area contributed by atoms with Crippen LogP contribution in [0.25, 0.3) is 11.3 Å². The molecule has 1 saturated carbocycles. The van der Waals surface area contributed by atoms with Gasteiger partial charge in [-0.25, -0.2) is 4.98 Å². The van der Waals surface area contributed by atoms with E-state index in [1.165, 1.54) is 16.7 Å². The van der Waals surface area contributed by atoms with E-state index in [-0.39, 0.29) is 12.0 Å². The fourth-order valence-corrected chi connectivity index (χ4v) is 7.57. The molecule has 0 radical (unpaired) electrons. The lowest BCUT2D eigenvalue weighted by molar-refractivity contribution is -0.144. The summed E-state index contributed by atoms with van der Waals surface area (Å²) in [7, 11) is 3.38. The van der Waals surface area contributed by atoms with Crippen molar-refractivity contribution in [2.24, 2.45) is 11.3 Å². The largest absolute Gasteiger partial charge is 0.488 e. The summed E-state index contributed by atoms with van der Waals surface area (Å²) < 4.78 is 23.1. The fourth-order valence-electron chi connectivity index (χ4n) is 7.57. The summed E-state index contributed by atoms with van der Waals surface area (Å²) >= 11 is 0. The maximum atomic E-state index is 12.2. The Labute approximate surface area is 258 Å². The average Bonchev–Trinajstić information content (AvgIpc) is 3.64. The van der Waals surface area contributed by atoms with E-state index in [0.717, 1.165) is 66.7 Å². The number of piperidine rings is 1. The van der Waals surface area contributed by atoms with Crippen molar-refractivity contribution in [1.29, 1.82) is 0 Å². The van der Waals surface area contributed by atoms with Gasteiger partial charge in [0.15, 0.2) is 0 Å². The summed E-state index contributed by atoms with van der Waals surface area (Å²) in [5, 5.41) is 10.1. The normalized spacial score (nSPS) is 24.5. The van der Waals surface area contributed by atoms with Crippen LogP contribution in [0.1, 0.15) is 34.2 Å². The van der Waals surface area contributed by atoms with Crippen LogP contribution in [0.5, 0.6) is 5.75 Å². The average molecular weight is 600 g/mol. The summed E-state index contributed by atoms with van der Waals surface area (Å²) in [6.45, 7) is 7.72. The number of aromatic nitrogens is 1. The maximum Gasteiger partial charge on any atom is 0.312 e. The first-order chi connectivity index (χ1) is 21.4. The number of fused-ring (bicyclic) bond motifs is 2. The first-order valence-corrected chi connectivity index (χ1v) is 15.6. The van der Waals surface area contributed by atoms with Crippen molar-refractivity contribution >= 4 is 11.8 Å². The van der Waals surface area contributed by atoms with E-state index in [0.29, 0.717) is 38.8 Å². The van der Waals surface area contributed by atoms with Crippen LogP contribution in [0, 0.1) is 18.3 Å². The Kier molecular flexibility index (Phi) is 7.82. The van der Waals surface area contributed by atoms with Crippen LogP contribution >= 0.6 is 0 Å². The first-order valence-electron chi connectivity index (χ1n) is 15.6. The fraction of sp³-hybridized carbons (Fsp3) is 0.486. The van der Waals surface area contributed by atoms with Crippen LogP contribution in [-0.4, -0.2) is 80.2 Å². The molecule has 9 heteroatoms. The van der Waals surface area contributed by atoms with E-state index in [1.807, 2.05) is 30.3 Å². The second-order valence-corrected chi connectivity index (χ2v) is 12.7. The van der Waals surface area contributed by atoms with Crippen LogP contribution in [0.3, 0.4) is 0 Å². The highest BCUT2D eigenvalue weighted by Crippen LogP contribution is 2.62. The smallest absolute Gasteiger partial charge is 0.312 e. The monoisotopic (exact) mass is 599 g/mol. The molecule has 3 aromatic rings. The number of methoxy groups -OCH3 is 2. The molecule has 3 fully saturated rings. The number of rotatable bonds is 11. The maximum absolute atomic E-state index is 12.2. The van der Waals surface area contributed by atoms with Gasteiger partial charge in [0.1, 0.15) is 18.2 Å². The van der Waals surface area contributed by atoms with E-state index in [2.05, 4.69) is 34.9 Å². The topological polar surface area (TPSA) is 93.6 Å². The molecule has 9 nitrogen and oxygen atoms in total. The van der Waals surface area contributed by atoms with E-state index in [4.69, 9.17) is 23.9 Å². The number of carboxylic acids is 1. The third-order valence-electron chi connectivity index (χ3n) is 10.1. The Morgan fingerprint density at radius 2 is 1.95 bits per heavy atom. The Hall–Kier alpha value is -3.50. The van der Waals surface area contributed by atoms with Crippen molar-refractivity contribution in [3.8, 4) is 17.0 Å². The number of aryl methyl sites for hydroxylation is 1. The second-order valence-electron chi connectivity index (χ2n) is 12.7. The van der Waals surface area contributed by atoms with Crippen molar-refractivity contribution in [2.45, 2.75) is 51.6 Å². The summed E-state index contributed by atoms with van der Waals surface area (Å²) in [6.07, 6.45) is 1.71. The number of hydrogen-bond acceptors (Lipinski definition) is 8. The van der Waals surface area contributed by atoms with E-state index < -0.39 is 11.4 Å². The number of carbonyl (C=O) groups is 1. The number of anilines is 1. The zero-order chi connectivity index (χ0) is 30.4. The quantitative estimate of drug-likeness (QED) is 0.343. The number of carboxylic acid groups (broad SMARTS) is 1. The molecule has 1 aliphatic carbocycles. The number of pyridine rings is 1. The molecule has 2 saturated heterocycles. The highest BCUT2D eigenvalue weighted by molar-refractivity contribution is 5.82. The molecule has 1 N–H and O–H groups in total. The minimum Gasteiger partial charge on any atom is -0.488 e. The second kappa shape index (κ2) is 11.8. The van der Waals surface area contributed by atoms with Gasteiger partial charge in [0.25, 0.3) is 0 Å². The molecule has 0 spiro atoms. The standard InChI is InChI=1S/C35H41N3O6/c1-22-6-4-7-28(30-8-5-9-32(36-30)38-15-26-14-35(26,34(39)40)31(38)21-42-3)33(22)44-17-23-12-24-10-11-37(27-19-43-20-27)16-29(24)25(13-23)18-41-2/h4-9,12-13,26-27,31H,10-11,14-21H2,1-3H3,(H,39,40)/t26-,31+,35+/m0/s1. The lowest BCUT2D eigenvalue weighted by Crippen LogP contribution is -2.50. The molecule has 1 aromatic heterocycles. The Bertz CT molecular complexity index is 1560. The number of ether oxygens (including phenoxy) is 4. The SMILES string of the molecule is COCc1cc(COc2c(C)cccc2-c2cccc(N3C[C@@H]4C[C@]4(C(=O)O)[C@H]3COC)n2)cc2c1CN(C1COC1)CC2. The number of nitrogens with zero attached hydrogens (tertiary/aromatic N) is 3. The van der Waals surface area contributed by atoms with Gasteiger partial charge in [0.05, 0.1) is 49.6 Å². The van der Waals surface area contributed by atoms with Crippen LogP contribution in [0.4, 0.5) is 5.82 Å². The molecule has 3 aliphatic heterocycles. The van der Waals surface area contributed by atoms with Gasteiger partial charge in [0.2, 0.25) is 0 Å². The van der Waals surface area contributed by atoms with Crippen molar-refractivity contribution in [1.82, 2.24) is 9.88 Å². The van der Waals surface area contributed by atoms with Crippen molar-refractivity contribution in [3.05, 3.63) is 76.3 Å². The van der Waals surface area contributed by atoms with E-state index in [1.54, 1.807) is 14.2 Å². The third-order valence-corrected chi connectivity index (χ3v) is 10.1. The van der Waals surface area contributed by atoms with Gasteiger partial charge in [-0.05, 0) is 77.8 Å². The predicted molar refractivity (Wildman–Crippen MR) is 166 cm³/mol. The summed E-state index contributed by atoms with van der Waals surface area (Å²) in [6, 6.07) is 16.9. The van der Waals surface area contributed by atoms with E-state index in [9.17, 15) is 9.90 Å². The van der Waals surface area contributed by atoms with Crippen molar-refractivity contribution < 1.29 is 28.8 Å². The van der Waals surface area contributed by atoms with Gasteiger partial charge in [-0.3, -0.25) is 9.69 Å². The Balaban J connectivity index is 1.14. The van der Waals surface area contributed by atoms with Crippen molar-refractivity contribution in [2.75, 3.05) is 52.0 Å². The molecule has 7 rings (SSSR count). The van der Waals surface area contributed by atoms with E-state index >= 15 is 0 Å². The molecule has 44 heavy (non-hydrogen) atoms. The first kappa shape index (κ1) is 29.2. The molecular weight excluding hydrogens is 558 g/mol. The van der Waals surface area contributed by atoms with Gasteiger partial charge >= 0.3 is 5.97 Å². The predicted octanol–water partition coefficient (Wildman–Crippen LogP) is 4.47. The zero-order valence-corrected chi connectivity index (χ0v) is 25.8. The highest BCUT2D eigenvalue weighted by Gasteiger charge is 2.71. The summed E-state index contributed by atoms with van der Waals surface area (Å²) in [5.41, 5.74) is 7.11. The summed E-state index contributed by atoms with van der Waals surface area (Å²) in [5.74, 6) is 0.961. The van der Waals surface area contributed by atoms with Crippen LogP contribution in [0.2, 0.25) is 0 Å². The summed E-state index contributed by atoms with van der Waals surface area (Å²) in [4.78, 5) is 22.0. The Morgan fingerprint density at radius 1 is 1.11 bits per heavy atom. The van der Waals surface area contributed by atoms with Crippen molar-refractivity contribution in [3.63, 3.8) is 0 Å². The van der Waals surface area contributed by atoms with Gasteiger partial charge in [-0.2, -0.15) is 0 Å².